The average molecular weight is 454 g/mol. The van der Waals surface area contributed by atoms with Crippen molar-refractivity contribution >= 4 is 10.0 Å². The number of aryl methyl sites for hydroxylation is 2. The number of aromatic nitrogens is 1. The van der Waals surface area contributed by atoms with E-state index in [1.807, 2.05) is 50.2 Å². The third kappa shape index (κ3) is 4.65. The second kappa shape index (κ2) is 9.17. The number of rotatable bonds is 6. The van der Waals surface area contributed by atoms with E-state index in [1.165, 1.54) is 0 Å². The Morgan fingerprint density at radius 3 is 2.25 bits per heavy atom. The highest BCUT2D eigenvalue weighted by atomic mass is 32.2. The zero-order valence-corrected chi connectivity index (χ0v) is 20.0. The van der Waals surface area contributed by atoms with Crippen LogP contribution in [0.25, 0.3) is 11.5 Å². The minimum absolute atomic E-state index is 0.366. The number of hydrogen-bond acceptors (Lipinski definition) is 5. The van der Waals surface area contributed by atoms with Crippen LogP contribution in [0.15, 0.2) is 57.8 Å². The Labute approximate surface area is 190 Å². The third-order valence-electron chi connectivity index (χ3n) is 6.16. The number of nitrogens with zero attached hydrogens (tertiary/aromatic N) is 3. The van der Waals surface area contributed by atoms with Crippen molar-refractivity contribution < 1.29 is 12.8 Å². The Bertz CT molecular complexity index is 1180. The molecule has 0 radical (unpaired) electrons. The summed E-state index contributed by atoms with van der Waals surface area (Å²) >= 11 is 0. The topological polar surface area (TPSA) is 66.7 Å². The molecule has 2 heterocycles. The molecule has 1 saturated heterocycles. The quantitative estimate of drug-likeness (QED) is 0.546. The first-order valence-electron chi connectivity index (χ1n) is 11.1. The monoisotopic (exact) mass is 453 g/mol. The van der Waals surface area contributed by atoms with Gasteiger partial charge in [0.05, 0.1) is 10.6 Å². The number of oxazole rings is 1. The standard InChI is InChI=1S/C25H31N3O3S/c1-18(2)21-9-11-22(12-10-21)32(29,30)28-15-13-27(14-16-28)17-24-20(4)31-25(26-24)23-8-6-5-7-19(23)3/h5-12,18H,13-17H2,1-4H3. The molecule has 170 valence electrons. The zero-order valence-electron chi connectivity index (χ0n) is 19.2. The minimum Gasteiger partial charge on any atom is -0.441 e. The van der Waals surface area contributed by atoms with Gasteiger partial charge in [0.2, 0.25) is 15.9 Å². The molecule has 7 heteroatoms. The van der Waals surface area contributed by atoms with Gasteiger partial charge in [-0.2, -0.15) is 4.31 Å². The lowest BCUT2D eigenvalue weighted by Gasteiger charge is -2.33. The SMILES string of the molecule is Cc1ccccc1-c1nc(CN2CCN(S(=O)(=O)c3ccc(C(C)C)cc3)CC2)c(C)o1. The van der Waals surface area contributed by atoms with Gasteiger partial charge in [-0.25, -0.2) is 13.4 Å². The van der Waals surface area contributed by atoms with Crippen LogP contribution >= 0.6 is 0 Å². The Morgan fingerprint density at radius 2 is 1.62 bits per heavy atom. The van der Waals surface area contributed by atoms with Gasteiger partial charge < -0.3 is 4.42 Å². The molecule has 1 aliphatic heterocycles. The van der Waals surface area contributed by atoms with Crippen LogP contribution in [-0.2, 0) is 16.6 Å². The second-order valence-corrected chi connectivity index (χ2v) is 10.7. The van der Waals surface area contributed by atoms with E-state index in [0.717, 1.165) is 28.1 Å². The molecule has 32 heavy (non-hydrogen) atoms. The summed E-state index contributed by atoms with van der Waals surface area (Å²) in [6.07, 6.45) is 0. The van der Waals surface area contributed by atoms with Crippen molar-refractivity contribution in [3.63, 3.8) is 0 Å². The Hall–Kier alpha value is -2.48. The molecule has 2 aromatic carbocycles. The lowest BCUT2D eigenvalue weighted by Crippen LogP contribution is -2.48. The molecule has 0 spiro atoms. The van der Waals surface area contributed by atoms with E-state index in [-0.39, 0.29) is 0 Å². The van der Waals surface area contributed by atoms with Gasteiger partial charge in [-0.15, -0.1) is 0 Å². The van der Waals surface area contributed by atoms with Gasteiger partial charge in [0, 0.05) is 38.3 Å². The van der Waals surface area contributed by atoms with Gasteiger partial charge in [0.15, 0.2) is 0 Å². The van der Waals surface area contributed by atoms with E-state index in [2.05, 4.69) is 18.7 Å². The molecule has 0 bridgehead atoms. The third-order valence-corrected chi connectivity index (χ3v) is 8.07. The van der Waals surface area contributed by atoms with Crippen LogP contribution < -0.4 is 0 Å². The Balaban J connectivity index is 1.40. The lowest BCUT2D eigenvalue weighted by molar-refractivity contribution is 0.179. The molecule has 0 unspecified atom stereocenters. The van der Waals surface area contributed by atoms with Crippen LogP contribution in [0.3, 0.4) is 0 Å². The summed E-state index contributed by atoms with van der Waals surface area (Å²) in [4.78, 5) is 7.34. The normalized spacial score (nSPS) is 16.0. The summed E-state index contributed by atoms with van der Waals surface area (Å²) in [5.74, 6) is 1.83. The van der Waals surface area contributed by atoms with E-state index in [1.54, 1.807) is 16.4 Å². The summed E-state index contributed by atoms with van der Waals surface area (Å²) in [7, 11) is -3.47. The fourth-order valence-corrected chi connectivity index (χ4v) is 5.44. The van der Waals surface area contributed by atoms with Crippen LogP contribution in [0, 0.1) is 13.8 Å². The molecule has 0 atom stereocenters. The number of piperazine rings is 1. The molecule has 1 fully saturated rings. The fourth-order valence-electron chi connectivity index (χ4n) is 4.02. The fraction of sp³-hybridized carbons (Fsp3) is 0.400. The first-order chi connectivity index (χ1) is 15.3. The Morgan fingerprint density at radius 1 is 0.969 bits per heavy atom. The lowest BCUT2D eigenvalue weighted by atomic mass is 10.0. The number of benzene rings is 2. The van der Waals surface area contributed by atoms with E-state index < -0.39 is 10.0 Å². The van der Waals surface area contributed by atoms with Gasteiger partial charge in [-0.05, 0) is 49.1 Å². The summed E-state index contributed by atoms with van der Waals surface area (Å²) in [5.41, 5.74) is 4.17. The number of sulfonamides is 1. The highest BCUT2D eigenvalue weighted by Gasteiger charge is 2.29. The van der Waals surface area contributed by atoms with E-state index in [9.17, 15) is 8.42 Å². The molecule has 0 aliphatic carbocycles. The Kier molecular flexibility index (Phi) is 6.51. The van der Waals surface area contributed by atoms with Gasteiger partial charge >= 0.3 is 0 Å². The molecule has 0 saturated carbocycles. The predicted molar refractivity (Wildman–Crippen MR) is 126 cm³/mol. The van der Waals surface area contributed by atoms with E-state index in [4.69, 9.17) is 9.40 Å². The predicted octanol–water partition coefficient (Wildman–Crippen LogP) is 4.59. The highest BCUT2D eigenvalue weighted by molar-refractivity contribution is 7.89. The largest absolute Gasteiger partial charge is 0.441 e. The van der Waals surface area contributed by atoms with Crippen LogP contribution in [-0.4, -0.2) is 48.8 Å². The molecule has 1 aromatic heterocycles. The first kappa shape index (κ1) is 22.7. The first-order valence-corrected chi connectivity index (χ1v) is 12.5. The van der Waals surface area contributed by atoms with Crippen LogP contribution in [0.4, 0.5) is 0 Å². The van der Waals surface area contributed by atoms with Crippen LogP contribution in [0.1, 0.15) is 42.3 Å². The van der Waals surface area contributed by atoms with Crippen molar-refractivity contribution in [3.05, 3.63) is 71.1 Å². The summed E-state index contributed by atoms with van der Waals surface area (Å²) in [6, 6.07) is 15.3. The molecule has 6 nitrogen and oxygen atoms in total. The summed E-state index contributed by atoms with van der Waals surface area (Å²) < 4.78 is 33.6. The maximum Gasteiger partial charge on any atom is 0.243 e. The molecule has 1 aliphatic rings. The van der Waals surface area contributed by atoms with Crippen LogP contribution in [0.2, 0.25) is 0 Å². The maximum absolute atomic E-state index is 13.1. The summed E-state index contributed by atoms with van der Waals surface area (Å²) in [5, 5.41) is 0. The summed E-state index contributed by atoms with van der Waals surface area (Å²) in [6.45, 7) is 11.1. The molecule has 3 aromatic rings. The highest BCUT2D eigenvalue weighted by Crippen LogP contribution is 2.26. The van der Waals surface area contributed by atoms with E-state index >= 15 is 0 Å². The van der Waals surface area contributed by atoms with E-state index in [0.29, 0.717) is 49.4 Å². The molecular weight excluding hydrogens is 422 g/mol. The van der Waals surface area contributed by atoms with Crippen molar-refractivity contribution in [2.75, 3.05) is 26.2 Å². The maximum atomic E-state index is 13.1. The van der Waals surface area contributed by atoms with Crippen molar-refractivity contribution in [1.29, 1.82) is 0 Å². The van der Waals surface area contributed by atoms with Gasteiger partial charge in [-0.3, -0.25) is 4.90 Å². The van der Waals surface area contributed by atoms with Crippen LogP contribution in [0.5, 0.6) is 0 Å². The average Bonchev–Trinajstić information content (AvgIpc) is 3.14. The van der Waals surface area contributed by atoms with Gasteiger partial charge in [-0.1, -0.05) is 44.2 Å². The molecule has 4 rings (SSSR count). The zero-order chi connectivity index (χ0) is 22.9. The van der Waals surface area contributed by atoms with Gasteiger partial charge in [0.25, 0.3) is 0 Å². The molecule has 0 N–H and O–H groups in total. The van der Waals surface area contributed by atoms with Crippen molar-refractivity contribution in [2.45, 2.75) is 45.1 Å². The van der Waals surface area contributed by atoms with Crippen molar-refractivity contribution in [3.8, 4) is 11.5 Å². The van der Waals surface area contributed by atoms with Crippen molar-refractivity contribution in [2.24, 2.45) is 0 Å². The minimum atomic E-state index is -3.47. The van der Waals surface area contributed by atoms with Crippen molar-refractivity contribution in [1.82, 2.24) is 14.2 Å². The smallest absolute Gasteiger partial charge is 0.243 e. The van der Waals surface area contributed by atoms with Gasteiger partial charge in [0.1, 0.15) is 5.76 Å². The molecular formula is C25H31N3O3S. The second-order valence-electron chi connectivity index (χ2n) is 8.74. The number of hydrogen-bond donors (Lipinski definition) is 0. The molecule has 0 amide bonds.